The molecular weight excluding hydrogens is 337 g/mol. The summed E-state index contributed by atoms with van der Waals surface area (Å²) in [6, 6.07) is 4.46. The molecule has 6 heteroatoms. The highest BCUT2D eigenvalue weighted by Crippen LogP contribution is 2.23. The number of nitrogens with zero attached hydrogens (tertiary/aromatic N) is 1. The quantitative estimate of drug-likeness (QED) is 0.453. The summed E-state index contributed by atoms with van der Waals surface area (Å²) in [7, 11) is 0. The van der Waals surface area contributed by atoms with Gasteiger partial charge in [-0.3, -0.25) is 4.79 Å². The molecule has 120 valence electrons. The Morgan fingerprint density at radius 2 is 1.91 bits per heavy atom. The summed E-state index contributed by atoms with van der Waals surface area (Å²) in [6.07, 6.45) is 3.12. The lowest BCUT2D eigenvalue weighted by atomic mass is 9.90. The smallest absolute Gasteiger partial charge is 0.312 e. The van der Waals surface area contributed by atoms with Crippen LogP contribution in [0.3, 0.4) is 0 Å². The van der Waals surface area contributed by atoms with Crippen LogP contribution in [0, 0.1) is 5.92 Å². The van der Waals surface area contributed by atoms with Crippen molar-refractivity contribution in [1.82, 2.24) is 0 Å². The summed E-state index contributed by atoms with van der Waals surface area (Å²) in [5.41, 5.74) is 1.86. The van der Waals surface area contributed by atoms with Crippen LogP contribution in [0.15, 0.2) is 46.7 Å². The number of allylic oxidation sites excluding steroid dienone is 4. The van der Waals surface area contributed by atoms with Crippen molar-refractivity contribution in [3.63, 3.8) is 0 Å². The summed E-state index contributed by atoms with van der Waals surface area (Å²) in [4.78, 5) is 28.9. The summed E-state index contributed by atoms with van der Waals surface area (Å²) in [5.74, 6) is -0.689. The maximum Gasteiger partial charge on any atom is 0.367 e. The first-order valence-electron chi connectivity index (χ1n) is 6.98. The molecule has 1 aliphatic rings. The maximum atomic E-state index is 12.0. The highest BCUT2D eigenvalue weighted by atomic mass is 35.5. The van der Waals surface area contributed by atoms with E-state index in [0.717, 1.165) is 0 Å². The number of carbonyl (C=O) groups is 2. The van der Waals surface area contributed by atoms with Gasteiger partial charge in [0.25, 0.3) is 0 Å². The van der Waals surface area contributed by atoms with E-state index in [9.17, 15) is 9.59 Å². The standard InChI is InChI=1S/C17H15Cl2NO3/c1-9(2)13-8-15(10(3)6-16(13)21)20-23-17(22)12-5-4-11(18)7-14(12)19/h4-9H,1-3H3/b20-15-. The van der Waals surface area contributed by atoms with E-state index in [4.69, 9.17) is 28.0 Å². The highest BCUT2D eigenvalue weighted by Gasteiger charge is 2.20. The van der Waals surface area contributed by atoms with Gasteiger partial charge in [0, 0.05) is 10.6 Å². The molecular formula is C17H15Cl2NO3. The molecule has 1 aromatic rings. The molecule has 0 aromatic heterocycles. The van der Waals surface area contributed by atoms with E-state index in [0.29, 0.717) is 21.9 Å². The Morgan fingerprint density at radius 1 is 1.22 bits per heavy atom. The van der Waals surface area contributed by atoms with Gasteiger partial charge in [-0.15, -0.1) is 0 Å². The topological polar surface area (TPSA) is 55.7 Å². The van der Waals surface area contributed by atoms with Gasteiger partial charge in [-0.25, -0.2) is 4.79 Å². The fourth-order valence-electron chi connectivity index (χ4n) is 2.03. The Balaban J connectivity index is 2.23. The Labute approximate surface area is 144 Å². The lowest BCUT2D eigenvalue weighted by Gasteiger charge is -2.14. The third-order valence-corrected chi connectivity index (χ3v) is 3.88. The monoisotopic (exact) mass is 351 g/mol. The second-order valence-corrected chi connectivity index (χ2v) is 6.27. The van der Waals surface area contributed by atoms with Crippen LogP contribution >= 0.6 is 23.2 Å². The Hall–Kier alpha value is -1.91. The second-order valence-electron chi connectivity index (χ2n) is 5.43. The SMILES string of the molecule is CC1=CC(=O)C(C(C)C)=C/C1=N/OC(=O)c1ccc(Cl)cc1Cl. The lowest BCUT2D eigenvalue weighted by molar-refractivity contribution is -0.111. The van der Waals surface area contributed by atoms with E-state index in [1.807, 2.05) is 13.8 Å². The minimum Gasteiger partial charge on any atom is -0.312 e. The molecule has 0 bridgehead atoms. The number of hydrogen-bond acceptors (Lipinski definition) is 4. The molecule has 0 unspecified atom stereocenters. The lowest BCUT2D eigenvalue weighted by Crippen LogP contribution is -2.16. The van der Waals surface area contributed by atoms with Gasteiger partial charge < -0.3 is 4.84 Å². The van der Waals surface area contributed by atoms with Crippen LogP contribution in [0.2, 0.25) is 10.0 Å². The molecule has 0 radical (unpaired) electrons. The number of benzene rings is 1. The van der Waals surface area contributed by atoms with Crippen molar-refractivity contribution in [2.75, 3.05) is 0 Å². The molecule has 1 aliphatic carbocycles. The van der Waals surface area contributed by atoms with E-state index < -0.39 is 5.97 Å². The van der Waals surface area contributed by atoms with Gasteiger partial charge in [0.2, 0.25) is 0 Å². The Kier molecular flexibility index (Phi) is 5.39. The first-order valence-corrected chi connectivity index (χ1v) is 7.74. The van der Waals surface area contributed by atoms with Crippen molar-refractivity contribution in [3.05, 3.63) is 57.1 Å². The number of hydrogen-bond donors (Lipinski definition) is 0. The molecule has 4 nitrogen and oxygen atoms in total. The molecule has 0 amide bonds. The minimum atomic E-state index is -0.691. The second kappa shape index (κ2) is 7.11. The fraction of sp³-hybridized carbons (Fsp3) is 0.235. The highest BCUT2D eigenvalue weighted by molar-refractivity contribution is 6.36. The Bertz CT molecular complexity index is 761. The van der Waals surface area contributed by atoms with Crippen molar-refractivity contribution >= 4 is 40.7 Å². The van der Waals surface area contributed by atoms with E-state index in [-0.39, 0.29) is 22.3 Å². The molecule has 0 saturated carbocycles. The van der Waals surface area contributed by atoms with E-state index in [2.05, 4.69) is 5.16 Å². The zero-order valence-electron chi connectivity index (χ0n) is 12.9. The van der Waals surface area contributed by atoms with Crippen LogP contribution in [-0.2, 0) is 9.63 Å². The number of carbonyl (C=O) groups excluding carboxylic acids is 2. The first-order chi connectivity index (χ1) is 10.8. The van der Waals surface area contributed by atoms with Crippen molar-refractivity contribution in [2.24, 2.45) is 11.1 Å². The summed E-state index contributed by atoms with van der Waals surface area (Å²) in [5, 5.41) is 4.46. The molecule has 0 fully saturated rings. The van der Waals surface area contributed by atoms with Crippen LogP contribution < -0.4 is 0 Å². The van der Waals surface area contributed by atoms with Gasteiger partial charge in [-0.1, -0.05) is 42.2 Å². The zero-order valence-corrected chi connectivity index (χ0v) is 14.4. The number of rotatable bonds is 3. The average Bonchev–Trinajstić information content (AvgIpc) is 2.45. The van der Waals surface area contributed by atoms with E-state index in [1.165, 1.54) is 18.2 Å². The van der Waals surface area contributed by atoms with Crippen molar-refractivity contribution < 1.29 is 14.4 Å². The van der Waals surface area contributed by atoms with Gasteiger partial charge in [0.05, 0.1) is 10.6 Å². The van der Waals surface area contributed by atoms with Gasteiger partial charge in [0.15, 0.2) is 5.78 Å². The fourth-order valence-corrected chi connectivity index (χ4v) is 2.52. The van der Waals surface area contributed by atoms with Crippen LogP contribution in [0.1, 0.15) is 31.1 Å². The van der Waals surface area contributed by atoms with Gasteiger partial charge in [0.1, 0.15) is 5.71 Å². The largest absolute Gasteiger partial charge is 0.367 e. The zero-order chi connectivity index (χ0) is 17.1. The van der Waals surface area contributed by atoms with Crippen molar-refractivity contribution in [2.45, 2.75) is 20.8 Å². The molecule has 23 heavy (non-hydrogen) atoms. The van der Waals surface area contributed by atoms with Crippen LogP contribution in [0.25, 0.3) is 0 Å². The minimum absolute atomic E-state index is 0.0523. The third-order valence-electron chi connectivity index (χ3n) is 3.33. The summed E-state index contributed by atoms with van der Waals surface area (Å²) < 4.78 is 0. The Morgan fingerprint density at radius 3 is 2.52 bits per heavy atom. The number of ketones is 1. The van der Waals surface area contributed by atoms with Crippen molar-refractivity contribution in [1.29, 1.82) is 0 Å². The molecule has 1 aromatic carbocycles. The van der Waals surface area contributed by atoms with Crippen molar-refractivity contribution in [3.8, 4) is 0 Å². The normalized spacial score (nSPS) is 16.4. The van der Waals surface area contributed by atoms with Gasteiger partial charge in [-0.2, -0.15) is 0 Å². The molecule has 0 aliphatic heterocycles. The average molecular weight is 352 g/mol. The summed E-state index contributed by atoms with van der Waals surface area (Å²) in [6.45, 7) is 5.55. The van der Waals surface area contributed by atoms with Crippen LogP contribution in [0.5, 0.6) is 0 Å². The van der Waals surface area contributed by atoms with Crippen LogP contribution in [-0.4, -0.2) is 17.5 Å². The molecule has 0 spiro atoms. The van der Waals surface area contributed by atoms with E-state index >= 15 is 0 Å². The third kappa shape index (κ3) is 4.09. The predicted molar refractivity (Wildman–Crippen MR) is 91.0 cm³/mol. The molecule has 0 saturated heterocycles. The molecule has 0 N–H and O–H groups in total. The predicted octanol–water partition coefficient (Wildman–Crippen LogP) is 4.62. The molecule has 2 rings (SSSR count). The maximum absolute atomic E-state index is 12.0. The van der Waals surface area contributed by atoms with Gasteiger partial charge in [-0.05, 0) is 48.8 Å². The van der Waals surface area contributed by atoms with Gasteiger partial charge >= 0.3 is 5.97 Å². The first kappa shape index (κ1) is 17.4. The molecule has 0 atom stereocenters. The van der Waals surface area contributed by atoms with E-state index in [1.54, 1.807) is 19.1 Å². The number of halogens is 2. The molecule has 0 heterocycles. The van der Waals surface area contributed by atoms with Crippen LogP contribution in [0.4, 0.5) is 0 Å². The summed E-state index contributed by atoms with van der Waals surface area (Å²) >= 11 is 11.7. The number of oxime groups is 1.